The van der Waals surface area contributed by atoms with E-state index in [1.807, 2.05) is 6.07 Å². The lowest BCUT2D eigenvalue weighted by Crippen LogP contribution is -2.23. The van der Waals surface area contributed by atoms with Gasteiger partial charge in [0.2, 0.25) is 6.39 Å². The number of benzene rings is 1. The normalized spacial score (nSPS) is 14.9. The van der Waals surface area contributed by atoms with E-state index < -0.39 is 0 Å². The fourth-order valence-electron chi connectivity index (χ4n) is 2.11. The van der Waals surface area contributed by atoms with Crippen LogP contribution in [0.3, 0.4) is 0 Å². The smallest absolute Gasteiger partial charge is 0.213 e. The molecule has 0 fully saturated rings. The molecule has 0 atom stereocenters. The lowest BCUT2D eigenvalue weighted by molar-refractivity contribution is 0.409. The van der Waals surface area contributed by atoms with E-state index in [-0.39, 0.29) is 0 Å². The van der Waals surface area contributed by atoms with Crippen LogP contribution in [0.25, 0.3) is 0 Å². The number of para-hydroxylation sites is 2. The number of rotatable bonds is 2. The molecule has 0 saturated heterocycles. The van der Waals surface area contributed by atoms with Gasteiger partial charge < -0.3 is 14.7 Å². The monoisotopic (exact) mass is 230 g/mol. The maximum atomic E-state index is 4.77. The Labute approximate surface area is 99.4 Å². The van der Waals surface area contributed by atoms with E-state index in [0.29, 0.717) is 6.54 Å². The van der Waals surface area contributed by atoms with Gasteiger partial charge in [-0.3, -0.25) is 0 Å². The van der Waals surface area contributed by atoms with Gasteiger partial charge in [0, 0.05) is 13.1 Å². The second kappa shape index (κ2) is 4.45. The second-order valence-corrected chi connectivity index (χ2v) is 4.07. The highest BCUT2D eigenvalue weighted by molar-refractivity contribution is 5.70. The molecule has 1 N–H and O–H groups in total. The highest BCUT2D eigenvalue weighted by Gasteiger charge is 2.15. The molecule has 0 saturated carbocycles. The van der Waals surface area contributed by atoms with E-state index in [4.69, 9.17) is 4.52 Å². The van der Waals surface area contributed by atoms with Crippen molar-refractivity contribution < 1.29 is 4.52 Å². The van der Waals surface area contributed by atoms with Gasteiger partial charge in [0.05, 0.1) is 17.9 Å². The highest BCUT2D eigenvalue weighted by atomic mass is 16.5. The Balaban J connectivity index is 1.89. The van der Waals surface area contributed by atoms with Crippen molar-refractivity contribution in [3.05, 3.63) is 36.5 Å². The Morgan fingerprint density at radius 3 is 3.18 bits per heavy atom. The van der Waals surface area contributed by atoms with E-state index in [1.54, 1.807) is 0 Å². The molecule has 0 aliphatic carbocycles. The van der Waals surface area contributed by atoms with E-state index in [2.05, 4.69) is 38.6 Å². The summed E-state index contributed by atoms with van der Waals surface area (Å²) >= 11 is 0. The lowest BCUT2D eigenvalue weighted by Gasteiger charge is -2.22. The van der Waals surface area contributed by atoms with Crippen LogP contribution in [0, 0.1) is 0 Å². The molecule has 5 heteroatoms. The first-order valence-electron chi connectivity index (χ1n) is 5.76. The molecule has 1 aliphatic rings. The number of aromatic nitrogens is 2. The maximum absolute atomic E-state index is 4.77. The van der Waals surface area contributed by atoms with Crippen molar-refractivity contribution in [1.29, 1.82) is 0 Å². The Hall–Kier alpha value is -2.04. The first kappa shape index (κ1) is 10.1. The van der Waals surface area contributed by atoms with Crippen LogP contribution in [0.15, 0.2) is 35.2 Å². The second-order valence-electron chi connectivity index (χ2n) is 4.07. The molecular weight excluding hydrogens is 216 g/mol. The minimum atomic E-state index is 0.690. The maximum Gasteiger partial charge on any atom is 0.213 e. The molecule has 0 bridgehead atoms. The van der Waals surface area contributed by atoms with Crippen LogP contribution in [0.4, 0.5) is 11.4 Å². The predicted molar refractivity (Wildman–Crippen MR) is 64.9 cm³/mol. The third kappa shape index (κ3) is 2.08. The van der Waals surface area contributed by atoms with E-state index in [1.165, 1.54) is 17.8 Å². The van der Waals surface area contributed by atoms with Crippen LogP contribution in [-0.4, -0.2) is 23.2 Å². The zero-order chi connectivity index (χ0) is 11.5. The van der Waals surface area contributed by atoms with E-state index in [9.17, 15) is 0 Å². The van der Waals surface area contributed by atoms with Crippen molar-refractivity contribution in [2.75, 3.05) is 23.3 Å². The van der Waals surface area contributed by atoms with Crippen molar-refractivity contribution in [3.63, 3.8) is 0 Å². The van der Waals surface area contributed by atoms with Gasteiger partial charge in [0.1, 0.15) is 0 Å². The zero-order valence-corrected chi connectivity index (χ0v) is 9.47. The van der Waals surface area contributed by atoms with Crippen molar-refractivity contribution in [2.45, 2.75) is 13.0 Å². The fraction of sp³-hybridized carbons (Fsp3) is 0.333. The van der Waals surface area contributed by atoms with Gasteiger partial charge in [-0.05, 0) is 18.6 Å². The van der Waals surface area contributed by atoms with Crippen molar-refractivity contribution in [1.82, 2.24) is 10.1 Å². The largest absolute Gasteiger partial charge is 0.383 e. The van der Waals surface area contributed by atoms with Gasteiger partial charge in [-0.15, -0.1) is 0 Å². The molecule has 2 heterocycles. The van der Waals surface area contributed by atoms with Gasteiger partial charge >= 0.3 is 0 Å². The quantitative estimate of drug-likeness (QED) is 0.853. The minimum absolute atomic E-state index is 0.690. The molecule has 17 heavy (non-hydrogen) atoms. The molecule has 1 aromatic carbocycles. The fourth-order valence-corrected chi connectivity index (χ4v) is 2.11. The molecule has 5 nitrogen and oxygen atoms in total. The summed E-state index contributed by atoms with van der Waals surface area (Å²) in [6.45, 7) is 2.69. The number of nitrogens with one attached hydrogen (secondary N) is 1. The molecule has 88 valence electrons. The summed E-state index contributed by atoms with van der Waals surface area (Å²) in [6.07, 6.45) is 2.48. The van der Waals surface area contributed by atoms with Crippen LogP contribution < -0.4 is 10.2 Å². The standard InChI is InChI=1S/C12H14N4O/c1-2-5-11-10(4-1)13-6-3-7-16(11)8-12-14-9-17-15-12/h1-2,4-5,9,13H,3,6-8H2. The van der Waals surface area contributed by atoms with E-state index >= 15 is 0 Å². The van der Waals surface area contributed by atoms with Gasteiger partial charge in [0.15, 0.2) is 5.82 Å². The zero-order valence-electron chi connectivity index (χ0n) is 9.47. The summed E-state index contributed by atoms with van der Waals surface area (Å²) in [5.41, 5.74) is 2.38. The summed E-state index contributed by atoms with van der Waals surface area (Å²) in [5.74, 6) is 0.724. The molecule has 3 rings (SSSR count). The van der Waals surface area contributed by atoms with Gasteiger partial charge in [-0.1, -0.05) is 17.3 Å². The van der Waals surface area contributed by atoms with Gasteiger partial charge in [-0.2, -0.15) is 4.98 Å². The van der Waals surface area contributed by atoms with E-state index in [0.717, 1.165) is 25.3 Å². The van der Waals surface area contributed by atoms with Crippen LogP contribution in [0.2, 0.25) is 0 Å². The summed E-state index contributed by atoms with van der Waals surface area (Å²) in [4.78, 5) is 6.35. The summed E-state index contributed by atoms with van der Waals surface area (Å²) in [5, 5.41) is 7.29. The molecule has 0 amide bonds. The molecule has 2 aromatic rings. The van der Waals surface area contributed by atoms with Gasteiger partial charge in [0.25, 0.3) is 0 Å². The summed E-state index contributed by atoms with van der Waals surface area (Å²) < 4.78 is 4.77. The van der Waals surface area contributed by atoms with Crippen LogP contribution in [0.5, 0.6) is 0 Å². The Morgan fingerprint density at radius 2 is 2.29 bits per heavy atom. The van der Waals surface area contributed by atoms with Crippen molar-refractivity contribution in [2.24, 2.45) is 0 Å². The number of hydrogen-bond acceptors (Lipinski definition) is 5. The van der Waals surface area contributed by atoms with Gasteiger partial charge in [-0.25, -0.2) is 0 Å². The Bertz CT molecular complexity index is 483. The summed E-state index contributed by atoms with van der Waals surface area (Å²) in [7, 11) is 0. The first-order valence-corrected chi connectivity index (χ1v) is 5.76. The lowest BCUT2D eigenvalue weighted by atomic mass is 10.2. The Morgan fingerprint density at radius 1 is 1.35 bits per heavy atom. The first-order chi connectivity index (χ1) is 8.43. The molecule has 1 aromatic heterocycles. The molecular formula is C12H14N4O. The number of nitrogens with zero attached hydrogens (tertiary/aromatic N) is 3. The molecule has 0 radical (unpaired) electrons. The predicted octanol–water partition coefficient (Wildman–Crippen LogP) is 1.89. The van der Waals surface area contributed by atoms with Crippen LogP contribution >= 0.6 is 0 Å². The third-order valence-electron chi connectivity index (χ3n) is 2.90. The number of fused-ring (bicyclic) bond motifs is 1. The minimum Gasteiger partial charge on any atom is -0.383 e. The number of hydrogen-bond donors (Lipinski definition) is 1. The molecule has 0 spiro atoms. The molecule has 0 unspecified atom stereocenters. The molecule has 1 aliphatic heterocycles. The average molecular weight is 230 g/mol. The topological polar surface area (TPSA) is 54.2 Å². The van der Waals surface area contributed by atoms with Crippen LogP contribution in [-0.2, 0) is 6.54 Å². The Kier molecular flexibility index (Phi) is 2.65. The van der Waals surface area contributed by atoms with Crippen molar-refractivity contribution >= 4 is 11.4 Å². The van der Waals surface area contributed by atoms with Crippen molar-refractivity contribution in [3.8, 4) is 0 Å². The SMILES string of the molecule is c1ccc2c(c1)NCCCN2Cc1ncon1. The third-order valence-corrected chi connectivity index (χ3v) is 2.90. The van der Waals surface area contributed by atoms with Crippen LogP contribution in [0.1, 0.15) is 12.2 Å². The summed E-state index contributed by atoms with van der Waals surface area (Å²) in [6, 6.07) is 8.32. The highest BCUT2D eigenvalue weighted by Crippen LogP contribution is 2.28. The number of anilines is 2. The average Bonchev–Trinajstić information content (AvgIpc) is 2.78.